The molecule has 28 heavy (non-hydrogen) atoms. The van der Waals surface area contributed by atoms with Crippen molar-refractivity contribution in [1.29, 1.82) is 0 Å². The van der Waals surface area contributed by atoms with Gasteiger partial charge in [0.1, 0.15) is 29.0 Å². The molecule has 2 aromatic rings. The number of nitrogens with zero attached hydrogens (tertiary/aromatic N) is 1. The van der Waals surface area contributed by atoms with Crippen LogP contribution >= 0.6 is 24.0 Å². The monoisotopic (exact) mass is 416 g/mol. The second-order valence-electron chi connectivity index (χ2n) is 5.79. The van der Waals surface area contributed by atoms with Gasteiger partial charge in [0.15, 0.2) is 0 Å². The largest absolute Gasteiger partial charge is 0.490 e. The number of thiocarbonyl (C=S) groups is 1. The van der Waals surface area contributed by atoms with Gasteiger partial charge in [-0.1, -0.05) is 42.2 Å². The zero-order chi connectivity index (χ0) is 20.1. The van der Waals surface area contributed by atoms with Gasteiger partial charge in [-0.25, -0.2) is 0 Å². The Balaban J connectivity index is 1.74. The van der Waals surface area contributed by atoms with Crippen LogP contribution in [0.3, 0.4) is 0 Å². The molecule has 9 heteroatoms. The second-order valence-corrected chi connectivity index (χ2v) is 7.51. The minimum Gasteiger partial charge on any atom is -0.490 e. The molecule has 7 nitrogen and oxygen atoms in total. The standard InChI is InChI=1S/C19H16N2O5S2/c1-12-4-2-3-5-15(12)25-8-9-26-16-7-6-14(21(23)24)10-13(16)11-17-18(22)20-19(27)28-17/h2-7,10-11H,8-9H2,1H3,(H,20,22,27)/b17-11+. The van der Waals surface area contributed by atoms with Gasteiger partial charge in [0.05, 0.1) is 9.83 Å². The predicted octanol–water partition coefficient (Wildman–Crippen LogP) is 3.85. The summed E-state index contributed by atoms with van der Waals surface area (Å²) in [5, 5.41) is 13.6. The maximum absolute atomic E-state index is 11.9. The van der Waals surface area contributed by atoms with Crippen molar-refractivity contribution in [3.8, 4) is 11.5 Å². The Labute approximate surface area is 170 Å². The van der Waals surface area contributed by atoms with Gasteiger partial charge in [-0.15, -0.1) is 0 Å². The zero-order valence-electron chi connectivity index (χ0n) is 14.8. The first kappa shape index (κ1) is 19.8. The van der Waals surface area contributed by atoms with E-state index in [-0.39, 0.29) is 18.2 Å². The average Bonchev–Trinajstić information content (AvgIpc) is 2.98. The van der Waals surface area contributed by atoms with Gasteiger partial charge >= 0.3 is 0 Å². The molecule has 2 aromatic carbocycles. The number of para-hydroxylation sites is 1. The average molecular weight is 416 g/mol. The molecule has 1 saturated heterocycles. The van der Waals surface area contributed by atoms with E-state index in [1.165, 1.54) is 24.3 Å². The highest BCUT2D eigenvalue weighted by Crippen LogP contribution is 2.31. The fraction of sp³-hybridized carbons (Fsp3) is 0.158. The quantitative estimate of drug-likeness (QED) is 0.241. The molecule has 144 valence electrons. The normalized spacial score (nSPS) is 14.8. The van der Waals surface area contributed by atoms with E-state index in [0.29, 0.717) is 27.1 Å². The van der Waals surface area contributed by atoms with Crippen LogP contribution in [0.15, 0.2) is 47.4 Å². The lowest BCUT2D eigenvalue weighted by atomic mass is 10.1. The van der Waals surface area contributed by atoms with Crippen LogP contribution in [0, 0.1) is 17.0 Å². The first-order valence-electron chi connectivity index (χ1n) is 8.28. The minimum absolute atomic E-state index is 0.0960. The molecule has 0 saturated carbocycles. The Kier molecular flexibility index (Phi) is 6.27. The first-order valence-corrected chi connectivity index (χ1v) is 9.51. The summed E-state index contributed by atoms with van der Waals surface area (Å²) >= 11 is 6.07. The van der Waals surface area contributed by atoms with Crippen LogP contribution in [0.4, 0.5) is 5.69 Å². The Morgan fingerprint density at radius 1 is 1.18 bits per heavy atom. The number of ether oxygens (including phenoxy) is 2. The molecule has 0 unspecified atom stereocenters. The lowest BCUT2D eigenvalue weighted by molar-refractivity contribution is -0.384. The number of carbonyl (C=O) groups is 1. The van der Waals surface area contributed by atoms with E-state index in [2.05, 4.69) is 5.32 Å². The van der Waals surface area contributed by atoms with E-state index in [4.69, 9.17) is 21.7 Å². The number of non-ortho nitro benzene ring substituents is 1. The van der Waals surface area contributed by atoms with Gasteiger partial charge < -0.3 is 14.8 Å². The van der Waals surface area contributed by atoms with Gasteiger partial charge in [-0.05, 0) is 30.7 Å². The number of thioether (sulfide) groups is 1. The highest BCUT2D eigenvalue weighted by atomic mass is 32.2. The maximum atomic E-state index is 11.9. The third-order valence-electron chi connectivity index (χ3n) is 3.82. The fourth-order valence-electron chi connectivity index (χ4n) is 2.48. The van der Waals surface area contributed by atoms with Crippen LogP contribution in [0.25, 0.3) is 6.08 Å². The summed E-state index contributed by atoms with van der Waals surface area (Å²) < 4.78 is 11.8. The van der Waals surface area contributed by atoms with E-state index in [1.54, 1.807) is 0 Å². The molecular weight excluding hydrogens is 400 g/mol. The van der Waals surface area contributed by atoms with Crippen molar-refractivity contribution >= 4 is 46.0 Å². The molecule has 1 amide bonds. The summed E-state index contributed by atoms with van der Waals surface area (Å²) in [6.07, 6.45) is 1.53. The van der Waals surface area contributed by atoms with Crippen LogP contribution in [0.1, 0.15) is 11.1 Å². The molecule has 1 fully saturated rings. The van der Waals surface area contributed by atoms with Gasteiger partial charge in [0.2, 0.25) is 0 Å². The number of nitro benzene ring substituents is 1. The van der Waals surface area contributed by atoms with E-state index in [0.717, 1.165) is 23.1 Å². The molecule has 0 radical (unpaired) electrons. The molecule has 3 rings (SSSR count). The van der Waals surface area contributed by atoms with Crippen molar-refractivity contribution in [3.63, 3.8) is 0 Å². The Morgan fingerprint density at radius 3 is 2.54 bits per heavy atom. The van der Waals surface area contributed by atoms with Crippen LogP contribution < -0.4 is 14.8 Å². The Bertz CT molecular complexity index is 975. The zero-order valence-corrected chi connectivity index (χ0v) is 16.5. The topological polar surface area (TPSA) is 90.7 Å². The number of hydrogen-bond acceptors (Lipinski definition) is 7. The van der Waals surface area contributed by atoms with Gasteiger partial charge in [0, 0.05) is 17.7 Å². The fourth-order valence-corrected chi connectivity index (χ4v) is 3.51. The van der Waals surface area contributed by atoms with E-state index < -0.39 is 4.92 Å². The molecule has 1 aliphatic heterocycles. The third kappa shape index (κ3) is 4.87. The van der Waals surface area contributed by atoms with Crippen LogP contribution in [0.2, 0.25) is 0 Å². The number of hydrogen-bond donors (Lipinski definition) is 1. The highest BCUT2D eigenvalue weighted by molar-refractivity contribution is 8.26. The van der Waals surface area contributed by atoms with Gasteiger partial charge in [-0.3, -0.25) is 14.9 Å². The second kappa shape index (κ2) is 8.85. The summed E-state index contributed by atoms with van der Waals surface area (Å²) in [4.78, 5) is 22.8. The summed E-state index contributed by atoms with van der Waals surface area (Å²) in [6.45, 7) is 2.49. The molecule has 1 N–H and O–H groups in total. The summed E-state index contributed by atoms with van der Waals surface area (Å²) in [5.41, 5.74) is 1.34. The number of nitrogens with one attached hydrogen (secondary N) is 1. The Hall–Kier alpha value is -2.91. The lowest BCUT2D eigenvalue weighted by Crippen LogP contribution is -2.17. The smallest absolute Gasteiger partial charge is 0.270 e. The third-order valence-corrected chi connectivity index (χ3v) is 4.99. The number of nitro groups is 1. The molecule has 0 bridgehead atoms. The van der Waals surface area contributed by atoms with Crippen molar-refractivity contribution in [2.24, 2.45) is 0 Å². The highest BCUT2D eigenvalue weighted by Gasteiger charge is 2.23. The van der Waals surface area contributed by atoms with Crippen molar-refractivity contribution in [2.75, 3.05) is 13.2 Å². The van der Waals surface area contributed by atoms with Crippen LogP contribution in [-0.2, 0) is 4.79 Å². The van der Waals surface area contributed by atoms with Crippen molar-refractivity contribution in [3.05, 3.63) is 68.6 Å². The van der Waals surface area contributed by atoms with Crippen molar-refractivity contribution in [2.45, 2.75) is 6.92 Å². The van der Waals surface area contributed by atoms with E-state index >= 15 is 0 Å². The number of amides is 1. The van der Waals surface area contributed by atoms with Crippen LogP contribution in [-0.4, -0.2) is 28.4 Å². The number of benzene rings is 2. The maximum Gasteiger partial charge on any atom is 0.270 e. The lowest BCUT2D eigenvalue weighted by Gasteiger charge is -2.12. The minimum atomic E-state index is -0.500. The molecule has 0 aliphatic carbocycles. The van der Waals surface area contributed by atoms with E-state index in [1.807, 2.05) is 31.2 Å². The number of rotatable bonds is 7. The molecule has 1 heterocycles. The number of carbonyl (C=O) groups excluding carboxylic acids is 1. The van der Waals surface area contributed by atoms with Crippen LogP contribution in [0.5, 0.6) is 11.5 Å². The van der Waals surface area contributed by atoms with Crippen molar-refractivity contribution < 1.29 is 19.2 Å². The molecule has 0 aromatic heterocycles. The number of aryl methyl sites for hydroxylation is 1. The van der Waals surface area contributed by atoms with E-state index in [9.17, 15) is 14.9 Å². The molecule has 1 aliphatic rings. The van der Waals surface area contributed by atoms with Gasteiger partial charge in [0.25, 0.3) is 11.6 Å². The summed E-state index contributed by atoms with van der Waals surface area (Å²) in [7, 11) is 0. The Morgan fingerprint density at radius 2 is 1.89 bits per heavy atom. The molecular formula is C19H16N2O5S2. The van der Waals surface area contributed by atoms with Gasteiger partial charge in [-0.2, -0.15) is 0 Å². The summed E-state index contributed by atoms with van der Waals surface area (Å²) in [6, 6.07) is 11.9. The molecule has 0 atom stereocenters. The predicted molar refractivity (Wildman–Crippen MR) is 112 cm³/mol. The first-order chi connectivity index (χ1) is 13.4. The van der Waals surface area contributed by atoms with Crippen molar-refractivity contribution in [1.82, 2.24) is 5.32 Å². The molecule has 0 spiro atoms. The SMILES string of the molecule is Cc1ccccc1OCCOc1ccc([N+](=O)[O-])cc1/C=C1/SC(=S)NC1=O. The summed E-state index contributed by atoms with van der Waals surface area (Å²) in [5.74, 6) is 0.845.